The number of rotatable bonds is 3. The van der Waals surface area contributed by atoms with E-state index in [4.69, 9.17) is 5.73 Å². The zero-order chi connectivity index (χ0) is 14.1. The van der Waals surface area contributed by atoms with E-state index in [1.54, 1.807) is 0 Å². The van der Waals surface area contributed by atoms with Crippen LogP contribution in [0.3, 0.4) is 0 Å². The Morgan fingerprint density at radius 2 is 2.20 bits per heavy atom. The zero-order valence-electron chi connectivity index (χ0n) is 11.6. The first kappa shape index (κ1) is 13.4. The third-order valence-electron chi connectivity index (χ3n) is 4.02. The highest BCUT2D eigenvalue weighted by molar-refractivity contribution is 7.22. The van der Waals surface area contributed by atoms with Gasteiger partial charge in [0.15, 0.2) is 5.13 Å². The molecule has 4 nitrogen and oxygen atoms in total. The molecule has 1 aliphatic rings. The second-order valence-electron chi connectivity index (χ2n) is 5.26. The molecule has 0 unspecified atom stereocenters. The van der Waals surface area contributed by atoms with Crippen LogP contribution < -0.4 is 5.73 Å². The smallest absolute Gasteiger partial charge is 0.254 e. The van der Waals surface area contributed by atoms with Crippen molar-refractivity contribution in [1.29, 1.82) is 0 Å². The Bertz CT molecular complexity index is 631. The average molecular weight is 289 g/mol. The zero-order valence-corrected chi connectivity index (χ0v) is 12.4. The summed E-state index contributed by atoms with van der Waals surface area (Å²) in [5.74, 6) is 0.133. The van der Waals surface area contributed by atoms with E-state index in [2.05, 4.69) is 11.9 Å². The predicted octanol–water partition coefficient (Wildman–Crippen LogP) is 3.28. The molecule has 1 aromatic carbocycles. The highest BCUT2D eigenvalue weighted by Gasteiger charge is 2.26. The maximum atomic E-state index is 12.7. The molecule has 0 aliphatic heterocycles. The van der Waals surface area contributed by atoms with Crippen LogP contribution in [-0.2, 0) is 0 Å². The van der Waals surface area contributed by atoms with Gasteiger partial charge in [-0.3, -0.25) is 4.79 Å². The lowest BCUT2D eigenvalue weighted by Gasteiger charge is -2.27. The summed E-state index contributed by atoms with van der Waals surface area (Å²) in [6.07, 6.45) is 4.74. The Kier molecular flexibility index (Phi) is 3.61. The van der Waals surface area contributed by atoms with Crippen molar-refractivity contribution in [2.45, 2.75) is 38.6 Å². The number of aromatic nitrogens is 1. The van der Waals surface area contributed by atoms with Gasteiger partial charge >= 0.3 is 0 Å². The van der Waals surface area contributed by atoms with Crippen LogP contribution in [0.25, 0.3) is 10.2 Å². The number of anilines is 1. The summed E-state index contributed by atoms with van der Waals surface area (Å²) in [6.45, 7) is 2.83. The van der Waals surface area contributed by atoms with Gasteiger partial charge in [0.05, 0.1) is 10.2 Å². The Balaban J connectivity index is 1.89. The first-order valence-electron chi connectivity index (χ1n) is 7.16. The summed E-state index contributed by atoms with van der Waals surface area (Å²) in [7, 11) is 0. The van der Waals surface area contributed by atoms with Crippen LogP contribution in [0, 0.1) is 0 Å². The van der Waals surface area contributed by atoms with Crippen LogP contribution in [-0.4, -0.2) is 28.4 Å². The molecule has 106 valence electrons. The molecule has 3 rings (SSSR count). The minimum absolute atomic E-state index is 0.133. The summed E-state index contributed by atoms with van der Waals surface area (Å²) in [4.78, 5) is 18.9. The van der Waals surface area contributed by atoms with Crippen LogP contribution in [0.5, 0.6) is 0 Å². The molecule has 0 atom stereocenters. The van der Waals surface area contributed by atoms with Gasteiger partial charge < -0.3 is 10.6 Å². The maximum Gasteiger partial charge on any atom is 0.254 e. The third kappa shape index (κ3) is 2.38. The van der Waals surface area contributed by atoms with Gasteiger partial charge in [0.2, 0.25) is 0 Å². The number of thiazole rings is 1. The van der Waals surface area contributed by atoms with Crippen molar-refractivity contribution in [1.82, 2.24) is 9.88 Å². The molecule has 2 aromatic rings. The molecule has 1 aliphatic carbocycles. The number of carbonyl (C=O) groups is 1. The minimum atomic E-state index is 0.133. The van der Waals surface area contributed by atoms with Crippen LogP contribution in [0.15, 0.2) is 18.2 Å². The standard InChI is InChI=1S/C15H19N3OS/c1-2-18(11-5-3-4-6-11)14(19)10-7-8-12-13(9-10)20-15(16)17-12/h7-9,11H,2-6H2,1H3,(H2,16,17). The van der Waals surface area contributed by atoms with Crippen LogP contribution in [0.1, 0.15) is 43.0 Å². The molecule has 0 radical (unpaired) electrons. The van der Waals surface area contributed by atoms with Gasteiger partial charge in [-0.2, -0.15) is 0 Å². The molecule has 0 bridgehead atoms. The average Bonchev–Trinajstić information content (AvgIpc) is 3.06. The van der Waals surface area contributed by atoms with Crippen molar-refractivity contribution >= 4 is 32.6 Å². The number of carbonyl (C=O) groups excluding carboxylic acids is 1. The Morgan fingerprint density at radius 3 is 2.90 bits per heavy atom. The normalized spacial score (nSPS) is 15.8. The Labute approximate surface area is 122 Å². The van der Waals surface area contributed by atoms with Crippen LogP contribution >= 0.6 is 11.3 Å². The van der Waals surface area contributed by atoms with Gasteiger partial charge in [0.25, 0.3) is 5.91 Å². The topological polar surface area (TPSA) is 59.2 Å². The van der Waals surface area contributed by atoms with Crippen molar-refractivity contribution in [2.24, 2.45) is 0 Å². The van der Waals surface area contributed by atoms with E-state index in [0.29, 0.717) is 11.2 Å². The van der Waals surface area contributed by atoms with Crippen molar-refractivity contribution in [3.05, 3.63) is 23.8 Å². The van der Waals surface area contributed by atoms with Gasteiger partial charge in [-0.15, -0.1) is 0 Å². The highest BCUT2D eigenvalue weighted by Crippen LogP contribution is 2.27. The number of nitrogens with two attached hydrogens (primary N) is 1. The first-order valence-corrected chi connectivity index (χ1v) is 7.97. The second-order valence-corrected chi connectivity index (χ2v) is 6.33. The number of hydrogen-bond acceptors (Lipinski definition) is 4. The number of amides is 1. The summed E-state index contributed by atoms with van der Waals surface area (Å²) in [5.41, 5.74) is 7.33. The third-order valence-corrected chi connectivity index (χ3v) is 4.87. The van der Waals surface area contributed by atoms with E-state index < -0.39 is 0 Å². The number of nitrogens with zero attached hydrogens (tertiary/aromatic N) is 2. The highest BCUT2D eigenvalue weighted by atomic mass is 32.1. The lowest BCUT2D eigenvalue weighted by molar-refractivity contribution is 0.0694. The Morgan fingerprint density at radius 1 is 1.45 bits per heavy atom. The van der Waals surface area contributed by atoms with Crippen molar-refractivity contribution in [3.63, 3.8) is 0 Å². The molecule has 20 heavy (non-hydrogen) atoms. The van der Waals surface area contributed by atoms with Crippen molar-refractivity contribution < 1.29 is 4.79 Å². The number of fused-ring (bicyclic) bond motifs is 1. The van der Waals surface area contributed by atoms with Crippen molar-refractivity contribution in [2.75, 3.05) is 12.3 Å². The van der Waals surface area contributed by atoms with E-state index in [9.17, 15) is 4.79 Å². The van der Waals surface area contributed by atoms with E-state index in [1.165, 1.54) is 24.2 Å². The molecule has 0 saturated heterocycles. The molecule has 1 aromatic heterocycles. The molecule has 0 spiro atoms. The lowest BCUT2D eigenvalue weighted by Crippen LogP contribution is -2.38. The molecule has 1 amide bonds. The molecular weight excluding hydrogens is 270 g/mol. The monoisotopic (exact) mass is 289 g/mol. The summed E-state index contributed by atoms with van der Waals surface area (Å²) in [5, 5.41) is 0.549. The fourth-order valence-corrected chi connectivity index (χ4v) is 3.80. The van der Waals surface area contributed by atoms with E-state index in [-0.39, 0.29) is 5.91 Å². The number of nitrogen functional groups attached to an aromatic ring is 1. The molecule has 5 heteroatoms. The number of benzene rings is 1. The SMILES string of the molecule is CCN(C(=O)c1ccc2nc(N)sc2c1)C1CCCC1. The maximum absolute atomic E-state index is 12.7. The summed E-state index contributed by atoms with van der Waals surface area (Å²) >= 11 is 1.43. The van der Waals surface area contributed by atoms with Gasteiger partial charge in [-0.05, 0) is 38.0 Å². The van der Waals surface area contributed by atoms with Gasteiger partial charge in [-0.1, -0.05) is 24.2 Å². The van der Waals surface area contributed by atoms with Gasteiger partial charge in [0, 0.05) is 18.2 Å². The van der Waals surface area contributed by atoms with Crippen LogP contribution in [0.2, 0.25) is 0 Å². The number of hydrogen-bond donors (Lipinski definition) is 1. The van der Waals surface area contributed by atoms with Crippen LogP contribution in [0.4, 0.5) is 5.13 Å². The van der Waals surface area contributed by atoms with Gasteiger partial charge in [-0.25, -0.2) is 4.98 Å². The fourth-order valence-electron chi connectivity index (χ4n) is 3.02. The largest absolute Gasteiger partial charge is 0.375 e. The van der Waals surface area contributed by atoms with Gasteiger partial charge in [0.1, 0.15) is 0 Å². The predicted molar refractivity (Wildman–Crippen MR) is 83.0 cm³/mol. The van der Waals surface area contributed by atoms with E-state index in [0.717, 1.165) is 35.2 Å². The Hall–Kier alpha value is -1.62. The minimum Gasteiger partial charge on any atom is -0.375 e. The molecular formula is C15H19N3OS. The lowest BCUT2D eigenvalue weighted by atomic mass is 10.1. The van der Waals surface area contributed by atoms with E-state index >= 15 is 0 Å². The first-order chi connectivity index (χ1) is 9.69. The fraction of sp³-hybridized carbons (Fsp3) is 0.467. The quantitative estimate of drug-likeness (QED) is 0.943. The molecule has 1 fully saturated rings. The second kappa shape index (κ2) is 5.40. The summed E-state index contributed by atoms with van der Waals surface area (Å²) < 4.78 is 0.982. The van der Waals surface area contributed by atoms with E-state index in [1.807, 2.05) is 23.1 Å². The summed E-state index contributed by atoms with van der Waals surface area (Å²) in [6, 6.07) is 6.08. The van der Waals surface area contributed by atoms with Crippen molar-refractivity contribution in [3.8, 4) is 0 Å². The molecule has 2 N–H and O–H groups in total. The molecule has 1 saturated carbocycles. The molecule has 1 heterocycles.